The Morgan fingerprint density at radius 3 is 1.38 bits per heavy atom. The number of hydrogen-bond donors (Lipinski definition) is 2. The maximum Gasteiger partial charge on any atom is 0.472 e. The molecule has 0 aromatic heterocycles. The first-order valence-corrected chi connectivity index (χ1v) is 24.2. The summed E-state index contributed by atoms with van der Waals surface area (Å²) in [7, 11) is -4.27. The summed E-state index contributed by atoms with van der Waals surface area (Å²) in [4.78, 5) is 22.5. The molecule has 0 saturated carbocycles. The molecule has 0 saturated heterocycles. The van der Waals surface area contributed by atoms with E-state index in [1.165, 1.54) is 161 Å². The number of carbonyl (C=O) groups excluding carboxylic acids is 1. The molecular weight excluding hydrogens is 685 g/mol. The van der Waals surface area contributed by atoms with E-state index in [1.807, 2.05) is 0 Å². The second kappa shape index (κ2) is 42.4. The van der Waals surface area contributed by atoms with Crippen LogP contribution in [0.4, 0.5) is 0 Å². The summed E-state index contributed by atoms with van der Waals surface area (Å²) in [6.45, 7) is 4.95. The first-order valence-electron chi connectivity index (χ1n) is 22.7. The topological polar surface area (TPSA) is 117 Å². The number of hydrogen-bond acceptors (Lipinski definition) is 7. The van der Waals surface area contributed by atoms with Crippen LogP contribution in [-0.2, 0) is 27.9 Å². The number of esters is 1. The Kier molecular flexibility index (Phi) is 41.8. The lowest BCUT2D eigenvalue weighted by Crippen LogP contribution is -2.28. The van der Waals surface area contributed by atoms with Crippen molar-refractivity contribution in [1.82, 2.24) is 0 Å². The van der Waals surface area contributed by atoms with Gasteiger partial charge in [-0.25, -0.2) is 4.57 Å². The summed E-state index contributed by atoms with van der Waals surface area (Å²) in [5.74, 6) is -0.335. The highest BCUT2D eigenvalue weighted by atomic mass is 31.2. The number of ether oxygens (including phenoxy) is 2. The molecule has 0 radical (unpaired) electrons. The average molecular weight is 774 g/mol. The normalized spacial score (nSPS) is 13.5. The van der Waals surface area contributed by atoms with Gasteiger partial charge in [0.15, 0.2) is 0 Å². The van der Waals surface area contributed by atoms with Crippen molar-refractivity contribution < 1.29 is 32.8 Å². The van der Waals surface area contributed by atoms with Crippen LogP contribution in [0.1, 0.15) is 226 Å². The van der Waals surface area contributed by atoms with Crippen molar-refractivity contribution in [2.24, 2.45) is 5.73 Å². The van der Waals surface area contributed by atoms with Crippen molar-refractivity contribution in [2.75, 3.05) is 33.0 Å². The van der Waals surface area contributed by atoms with Gasteiger partial charge in [-0.2, -0.15) is 0 Å². The lowest BCUT2D eigenvalue weighted by atomic mass is 10.0. The quantitative estimate of drug-likeness (QED) is 0.0272. The predicted molar refractivity (Wildman–Crippen MR) is 224 cm³/mol. The minimum absolute atomic E-state index is 0.0937. The standard InChI is InChI=1S/C44H88NO7P/c1-3-5-7-9-11-13-15-17-19-20-21-22-23-24-26-28-30-32-34-36-39-49-41-43(42-51-53(47,48)50-40-38-45)52-44(46)37-35-33-31-29-27-25-18-16-14-12-10-8-6-4-2/h16,18,43H,3-15,17,19-42,45H2,1-2H3,(H,47,48)/b18-16-. The molecule has 2 unspecified atom stereocenters. The SMILES string of the molecule is CCCCCCC/C=C\CCCCCCCC(=O)OC(COCCCCCCCCCCCCCCCCCCCCCC)COP(=O)(O)OCCN. The van der Waals surface area contributed by atoms with Crippen LogP contribution in [0.3, 0.4) is 0 Å². The van der Waals surface area contributed by atoms with Crippen molar-refractivity contribution in [2.45, 2.75) is 232 Å². The Hall–Kier alpha value is -0.760. The summed E-state index contributed by atoms with van der Waals surface area (Å²) in [6.07, 6.45) is 45.2. The number of phosphoric ester groups is 1. The van der Waals surface area contributed by atoms with Crippen LogP contribution >= 0.6 is 7.82 Å². The number of carbonyl (C=O) groups is 1. The second-order valence-corrected chi connectivity index (χ2v) is 16.7. The summed E-state index contributed by atoms with van der Waals surface area (Å²) in [5.41, 5.74) is 5.37. The summed E-state index contributed by atoms with van der Waals surface area (Å²) in [6, 6.07) is 0. The fourth-order valence-electron chi connectivity index (χ4n) is 6.58. The Morgan fingerprint density at radius 1 is 0.547 bits per heavy atom. The van der Waals surface area contributed by atoms with Gasteiger partial charge in [0, 0.05) is 19.6 Å². The monoisotopic (exact) mass is 774 g/mol. The fraction of sp³-hybridized carbons (Fsp3) is 0.932. The van der Waals surface area contributed by atoms with E-state index < -0.39 is 13.9 Å². The van der Waals surface area contributed by atoms with E-state index in [1.54, 1.807) is 0 Å². The Balaban J connectivity index is 3.95. The summed E-state index contributed by atoms with van der Waals surface area (Å²) in [5, 5.41) is 0. The third-order valence-corrected chi connectivity index (χ3v) is 10.9. The lowest BCUT2D eigenvalue weighted by Gasteiger charge is -2.20. The molecule has 0 aromatic rings. The molecule has 0 aliphatic carbocycles. The molecule has 8 nitrogen and oxygen atoms in total. The van der Waals surface area contributed by atoms with Gasteiger partial charge >= 0.3 is 13.8 Å². The molecule has 316 valence electrons. The first kappa shape index (κ1) is 52.2. The number of allylic oxidation sites excluding steroid dienone is 2. The van der Waals surface area contributed by atoms with Crippen LogP contribution in [-0.4, -0.2) is 49.9 Å². The van der Waals surface area contributed by atoms with Gasteiger partial charge in [-0.15, -0.1) is 0 Å². The molecule has 0 aliphatic heterocycles. The zero-order valence-corrected chi connectivity index (χ0v) is 35.9. The Bertz CT molecular complexity index is 828. The van der Waals surface area contributed by atoms with Crippen LogP contribution in [0.5, 0.6) is 0 Å². The third-order valence-electron chi connectivity index (χ3n) is 9.93. The largest absolute Gasteiger partial charge is 0.472 e. The zero-order chi connectivity index (χ0) is 38.8. The maximum absolute atomic E-state index is 12.6. The summed E-state index contributed by atoms with van der Waals surface area (Å²) >= 11 is 0. The van der Waals surface area contributed by atoms with Gasteiger partial charge in [0.1, 0.15) is 6.10 Å². The van der Waals surface area contributed by atoms with Gasteiger partial charge in [-0.05, 0) is 38.5 Å². The highest BCUT2D eigenvalue weighted by Gasteiger charge is 2.25. The van der Waals surface area contributed by atoms with E-state index in [2.05, 4.69) is 26.0 Å². The van der Waals surface area contributed by atoms with Crippen LogP contribution in [0.25, 0.3) is 0 Å². The zero-order valence-electron chi connectivity index (χ0n) is 35.0. The van der Waals surface area contributed by atoms with Gasteiger partial charge < -0.3 is 20.1 Å². The van der Waals surface area contributed by atoms with E-state index in [0.29, 0.717) is 13.0 Å². The van der Waals surface area contributed by atoms with E-state index >= 15 is 0 Å². The molecule has 0 fully saturated rings. The summed E-state index contributed by atoms with van der Waals surface area (Å²) < 4.78 is 33.4. The molecule has 0 bridgehead atoms. The van der Waals surface area contributed by atoms with E-state index in [4.69, 9.17) is 24.3 Å². The van der Waals surface area contributed by atoms with Crippen LogP contribution in [0.2, 0.25) is 0 Å². The lowest BCUT2D eigenvalue weighted by molar-refractivity contribution is -0.154. The first-order chi connectivity index (χ1) is 25.9. The van der Waals surface area contributed by atoms with Crippen molar-refractivity contribution in [1.29, 1.82) is 0 Å². The molecule has 0 heterocycles. The smallest absolute Gasteiger partial charge is 0.457 e. The average Bonchev–Trinajstić information content (AvgIpc) is 3.15. The molecular formula is C44H88NO7P. The molecule has 2 atom stereocenters. The number of rotatable bonds is 44. The van der Waals surface area contributed by atoms with Gasteiger partial charge in [0.2, 0.25) is 0 Å². The molecule has 0 spiro atoms. The van der Waals surface area contributed by atoms with E-state index in [9.17, 15) is 14.3 Å². The molecule has 3 N–H and O–H groups in total. The van der Waals surface area contributed by atoms with Gasteiger partial charge in [-0.3, -0.25) is 13.8 Å². The van der Waals surface area contributed by atoms with Crippen molar-refractivity contribution in [3.63, 3.8) is 0 Å². The molecule has 0 rings (SSSR count). The van der Waals surface area contributed by atoms with E-state index in [0.717, 1.165) is 44.9 Å². The number of phosphoric acid groups is 1. The maximum atomic E-state index is 12.6. The Morgan fingerprint density at radius 2 is 0.943 bits per heavy atom. The van der Waals surface area contributed by atoms with Crippen LogP contribution in [0.15, 0.2) is 12.2 Å². The van der Waals surface area contributed by atoms with Crippen LogP contribution < -0.4 is 5.73 Å². The highest BCUT2D eigenvalue weighted by molar-refractivity contribution is 7.47. The minimum atomic E-state index is -4.27. The predicted octanol–water partition coefficient (Wildman–Crippen LogP) is 13.5. The number of unbranched alkanes of at least 4 members (excludes halogenated alkanes) is 29. The molecule has 53 heavy (non-hydrogen) atoms. The Labute approximate surface area is 328 Å². The molecule has 9 heteroatoms. The molecule has 0 amide bonds. The van der Waals surface area contributed by atoms with Gasteiger partial charge in [-0.1, -0.05) is 193 Å². The second-order valence-electron chi connectivity index (χ2n) is 15.3. The fourth-order valence-corrected chi connectivity index (χ4v) is 7.35. The van der Waals surface area contributed by atoms with Crippen molar-refractivity contribution in [3.05, 3.63) is 12.2 Å². The minimum Gasteiger partial charge on any atom is -0.457 e. The molecule has 0 aliphatic rings. The molecule has 0 aromatic carbocycles. The van der Waals surface area contributed by atoms with Gasteiger partial charge in [0.25, 0.3) is 0 Å². The van der Waals surface area contributed by atoms with Crippen molar-refractivity contribution in [3.8, 4) is 0 Å². The van der Waals surface area contributed by atoms with Crippen molar-refractivity contribution >= 4 is 13.8 Å². The van der Waals surface area contributed by atoms with Gasteiger partial charge in [0.05, 0.1) is 19.8 Å². The van der Waals surface area contributed by atoms with Crippen LogP contribution in [0, 0.1) is 0 Å². The third kappa shape index (κ3) is 42.2. The van der Waals surface area contributed by atoms with E-state index in [-0.39, 0.29) is 32.3 Å². The number of nitrogens with two attached hydrogens (primary N) is 1. The highest BCUT2D eigenvalue weighted by Crippen LogP contribution is 2.43.